The molecule has 0 aromatic carbocycles. The maximum Gasteiger partial charge on any atom is 0.230 e. The lowest BCUT2D eigenvalue weighted by Crippen LogP contribution is -2.37. The van der Waals surface area contributed by atoms with Crippen molar-refractivity contribution in [1.29, 1.82) is 0 Å². The molecular formula is C18H27N5O2S. The molecule has 1 unspecified atom stereocenters. The van der Waals surface area contributed by atoms with Crippen LogP contribution in [0, 0.1) is 5.92 Å². The zero-order valence-electron chi connectivity index (χ0n) is 15.6. The van der Waals surface area contributed by atoms with E-state index in [1.54, 1.807) is 6.26 Å². The SMILES string of the molecule is CC(C)C(C)NC(=O)CSc1nnc(N2CCCC2)n1Cc1ccco1. The quantitative estimate of drug-likeness (QED) is 0.713. The summed E-state index contributed by atoms with van der Waals surface area (Å²) in [5.74, 6) is 2.47. The number of anilines is 1. The van der Waals surface area contributed by atoms with E-state index in [9.17, 15) is 4.79 Å². The number of carbonyl (C=O) groups is 1. The van der Waals surface area contributed by atoms with E-state index in [0.717, 1.165) is 30.0 Å². The Balaban J connectivity index is 1.70. The van der Waals surface area contributed by atoms with Crippen LogP contribution in [0.15, 0.2) is 28.0 Å². The van der Waals surface area contributed by atoms with Crippen molar-refractivity contribution in [1.82, 2.24) is 20.1 Å². The number of carbonyl (C=O) groups excluding carboxylic acids is 1. The number of hydrogen-bond donors (Lipinski definition) is 1. The number of rotatable bonds is 8. The topological polar surface area (TPSA) is 76.2 Å². The molecule has 1 amide bonds. The molecule has 0 spiro atoms. The molecule has 1 aliphatic heterocycles. The van der Waals surface area contributed by atoms with Gasteiger partial charge in [0.25, 0.3) is 0 Å². The predicted molar refractivity (Wildman–Crippen MR) is 102 cm³/mol. The van der Waals surface area contributed by atoms with Crippen LogP contribution in [0.3, 0.4) is 0 Å². The van der Waals surface area contributed by atoms with E-state index in [1.165, 1.54) is 24.6 Å². The Labute approximate surface area is 158 Å². The van der Waals surface area contributed by atoms with Crippen LogP contribution in [-0.2, 0) is 11.3 Å². The van der Waals surface area contributed by atoms with Gasteiger partial charge in [-0.05, 0) is 37.8 Å². The minimum atomic E-state index is 0.0199. The van der Waals surface area contributed by atoms with Crippen LogP contribution in [0.5, 0.6) is 0 Å². The number of amides is 1. The Hall–Kier alpha value is -1.96. The molecule has 142 valence electrons. The van der Waals surface area contributed by atoms with Gasteiger partial charge in [0.05, 0.1) is 18.6 Å². The second kappa shape index (κ2) is 8.62. The first kappa shape index (κ1) is 18.8. The van der Waals surface area contributed by atoms with Gasteiger partial charge >= 0.3 is 0 Å². The molecule has 1 fully saturated rings. The van der Waals surface area contributed by atoms with Crippen LogP contribution >= 0.6 is 11.8 Å². The first-order valence-corrected chi connectivity index (χ1v) is 10.2. The summed E-state index contributed by atoms with van der Waals surface area (Å²) in [5.41, 5.74) is 0. The number of furan rings is 1. The lowest BCUT2D eigenvalue weighted by molar-refractivity contribution is -0.119. The van der Waals surface area contributed by atoms with Gasteiger partial charge in [-0.1, -0.05) is 25.6 Å². The zero-order chi connectivity index (χ0) is 18.5. The van der Waals surface area contributed by atoms with Crippen molar-refractivity contribution in [3.05, 3.63) is 24.2 Å². The summed E-state index contributed by atoms with van der Waals surface area (Å²) in [6.45, 7) is 8.78. The van der Waals surface area contributed by atoms with Gasteiger partial charge in [0.2, 0.25) is 11.9 Å². The van der Waals surface area contributed by atoms with E-state index in [2.05, 4.69) is 34.3 Å². The molecule has 1 saturated heterocycles. The number of hydrogen-bond acceptors (Lipinski definition) is 6. The van der Waals surface area contributed by atoms with Crippen LogP contribution in [0.2, 0.25) is 0 Å². The van der Waals surface area contributed by atoms with Gasteiger partial charge in [0.1, 0.15) is 5.76 Å². The molecule has 0 aliphatic carbocycles. The van der Waals surface area contributed by atoms with Gasteiger partial charge in [0, 0.05) is 19.1 Å². The Morgan fingerprint density at radius 2 is 2.08 bits per heavy atom. The summed E-state index contributed by atoms with van der Waals surface area (Å²) in [6.07, 6.45) is 4.01. The van der Waals surface area contributed by atoms with Crippen molar-refractivity contribution < 1.29 is 9.21 Å². The molecule has 0 bridgehead atoms. The van der Waals surface area contributed by atoms with Gasteiger partial charge in [-0.25, -0.2) is 0 Å². The van der Waals surface area contributed by atoms with Gasteiger partial charge in [-0.3, -0.25) is 9.36 Å². The molecule has 1 atom stereocenters. The van der Waals surface area contributed by atoms with Crippen LogP contribution < -0.4 is 10.2 Å². The molecular weight excluding hydrogens is 350 g/mol. The summed E-state index contributed by atoms with van der Waals surface area (Å²) in [7, 11) is 0. The zero-order valence-corrected chi connectivity index (χ0v) is 16.5. The van der Waals surface area contributed by atoms with Crippen LogP contribution in [-0.4, -0.2) is 45.6 Å². The molecule has 0 radical (unpaired) electrons. The largest absolute Gasteiger partial charge is 0.467 e. The van der Waals surface area contributed by atoms with Crippen molar-refractivity contribution in [2.24, 2.45) is 5.92 Å². The summed E-state index contributed by atoms with van der Waals surface area (Å²) < 4.78 is 7.55. The predicted octanol–water partition coefficient (Wildman–Crippen LogP) is 2.77. The van der Waals surface area contributed by atoms with E-state index < -0.39 is 0 Å². The highest BCUT2D eigenvalue weighted by Crippen LogP contribution is 2.26. The fourth-order valence-corrected chi connectivity index (χ4v) is 3.57. The number of aromatic nitrogens is 3. The van der Waals surface area contributed by atoms with E-state index in [-0.39, 0.29) is 11.9 Å². The molecule has 8 heteroatoms. The normalized spacial score (nSPS) is 15.6. The molecule has 3 heterocycles. The summed E-state index contributed by atoms with van der Waals surface area (Å²) in [6, 6.07) is 3.98. The fourth-order valence-electron chi connectivity index (χ4n) is 2.83. The first-order chi connectivity index (χ1) is 12.5. The van der Waals surface area contributed by atoms with Crippen LogP contribution in [0.1, 0.15) is 39.4 Å². The monoisotopic (exact) mass is 377 g/mol. The highest BCUT2D eigenvalue weighted by molar-refractivity contribution is 7.99. The third kappa shape index (κ3) is 4.60. The average molecular weight is 378 g/mol. The van der Waals surface area contributed by atoms with E-state index in [1.807, 2.05) is 23.6 Å². The highest BCUT2D eigenvalue weighted by Gasteiger charge is 2.22. The van der Waals surface area contributed by atoms with E-state index in [0.29, 0.717) is 18.2 Å². The van der Waals surface area contributed by atoms with E-state index in [4.69, 9.17) is 4.42 Å². The van der Waals surface area contributed by atoms with Crippen molar-refractivity contribution in [3.8, 4) is 0 Å². The summed E-state index contributed by atoms with van der Waals surface area (Å²) >= 11 is 1.42. The summed E-state index contributed by atoms with van der Waals surface area (Å²) in [5, 5.41) is 12.5. The molecule has 1 aliphatic rings. The standard InChI is InChI=1S/C18H27N5O2S/c1-13(2)14(3)19-16(24)12-26-18-21-20-17(22-8-4-5-9-22)23(18)11-15-7-6-10-25-15/h6-7,10,13-14H,4-5,8-9,11-12H2,1-3H3,(H,19,24). The van der Waals surface area contributed by atoms with E-state index >= 15 is 0 Å². The minimum Gasteiger partial charge on any atom is -0.467 e. The van der Waals surface area contributed by atoms with Crippen molar-refractivity contribution in [2.75, 3.05) is 23.7 Å². The van der Waals surface area contributed by atoms with Crippen molar-refractivity contribution >= 4 is 23.6 Å². The van der Waals surface area contributed by atoms with Gasteiger partial charge in [-0.2, -0.15) is 0 Å². The molecule has 2 aromatic heterocycles. The summed E-state index contributed by atoms with van der Waals surface area (Å²) in [4.78, 5) is 14.5. The molecule has 1 N–H and O–H groups in total. The molecule has 0 saturated carbocycles. The van der Waals surface area contributed by atoms with Crippen molar-refractivity contribution in [3.63, 3.8) is 0 Å². The number of nitrogens with zero attached hydrogens (tertiary/aromatic N) is 4. The maximum atomic E-state index is 12.2. The second-order valence-corrected chi connectivity index (χ2v) is 7.97. The lowest BCUT2D eigenvalue weighted by atomic mass is 10.1. The fraction of sp³-hybridized carbons (Fsp3) is 0.611. The smallest absolute Gasteiger partial charge is 0.230 e. The molecule has 26 heavy (non-hydrogen) atoms. The van der Waals surface area contributed by atoms with Gasteiger partial charge in [-0.15, -0.1) is 10.2 Å². The third-order valence-electron chi connectivity index (χ3n) is 4.70. The Kier molecular flexibility index (Phi) is 6.24. The average Bonchev–Trinajstić information content (AvgIpc) is 3.35. The molecule has 3 rings (SSSR count). The highest BCUT2D eigenvalue weighted by atomic mass is 32.2. The lowest BCUT2D eigenvalue weighted by Gasteiger charge is -2.18. The minimum absolute atomic E-state index is 0.0199. The Morgan fingerprint density at radius 1 is 1.31 bits per heavy atom. The molecule has 7 nitrogen and oxygen atoms in total. The van der Waals surface area contributed by atoms with Gasteiger partial charge < -0.3 is 14.6 Å². The van der Waals surface area contributed by atoms with Crippen LogP contribution in [0.4, 0.5) is 5.95 Å². The number of thioether (sulfide) groups is 1. The molecule has 2 aromatic rings. The third-order valence-corrected chi connectivity index (χ3v) is 5.67. The van der Waals surface area contributed by atoms with Crippen LogP contribution in [0.25, 0.3) is 0 Å². The first-order valence-electron chi connectivity index (χ1n) is 9.17. The number of nitrogens with one attached hydrogen (secondary N) is 1. The van der Waals surface area contributed by atoms with Gasteiger partial charge in [0.15, 0.2) is 5.16 Å². The Morgan fingerprint density at radius 3 is 2.73 bits per heavy atom. The second-order valence-electron chi connectivity index (χ2n) is 7.03. The maximum absolute atomic E-state index is 12.2. The van der Waals surface area contributed by atoms with Crippen molar-refractivity contribution in [2.45, 2.75) is 51.4 Å². The Bertz CT molecular complexity index is 707.